The van der Waals surface area contributed by atoms with E-state index in [1.54, 1.807) is 18.5 Å². The lowest BCUT2D eigenvalue weighted by Crippen LogP contribution is -3.02. The van der Waals surface area contributed by atoms with E-state index in [1.165, 1.54) is 0 Å². The van der Waals surface area contributed by atoms with Gasteiger partial charge >= 0.3 is 0 Å². The Kier molecular flexibility index (Phi) is 7.82. The summed E-state index contributed by atoms with van der Waals surface area (Å²) in [5.41, 5.74) is 9.71. The molecule has 11 heterocycles. The Hall–Kier alpha value is -7.02. The van der Waals surface area contributed by atoms with Crippen LogP contribution in [0.2, 0.25) is 0 Å². The number of quaternary nitrogens is 1. The Morgan fingerprint density at radius 1 is 0.661 bits per heavy atom. The van der Waals surface area contributed by atoms with Crippen molar-refractivity contribution in [2.45, 2.75) is 5.03 Å². The molecule has 59 heavy (non-hydrogen) atoms. The zero-order chi connectivity index (χ0) is 39.0. The molecule has 6 aromatic heterocycles. The van der Waals surface area contributed by atoms with Crippen LogP contribution >= 0.6 is 11.9 Å². The normalized spacial score (nSPS) is 17.0. The third kappa shape index (κ3) is 5.66. The molecule has 1 radical (unpaired) electrons. The summed E-state index contributed by atoms with van der Waals surface area (Å²) in [5.74, 6) is 3.63. The Balaban J connectivity index is 1.18. The second kappa shape index (κ2) is 13.5. The molecule has 1 unspecified atom stereocenters. The maximum atomic E-state index is 13.4. The van der Waals surface area contributed by atoms with E-state index in [4.69, 9.17) is 52.8 Å². The lowest BCUT2D eigenvalue weighted by molar-refractivity contribution is -0.661. The number of aromatic amines is 1. The third-order valence-corrected chi connectivity index (χ3v) is 11.0. The first-order valence-corrected chi connectivity index (χ1v) is 19.6. The van der Waals surface area contributed by atoms with Crippen molar-refractivity contribution in [1.82, 2.24) is 29.9 Å². The number of nitrogens with zero attached hydrogens (tertiary/aromatic N) is 5. The number of benzene rings is 1. The van der Waals surface area contributed by atoms with E-state index < -0.39 is 0 Å². The zero-order valence-corrected chi connectivity index (χ0v) is 31.6. The topological polar surface area (TPSA) is 194 Å². The first-order valence-electron chi connectivity index (χ1n) is 18.8. The summed E-state index contributed by atoms with van der Waals surface area (Å²) in [6, 6.07) is 15.1. The fourth-order valence-corrected chi connectivity index (χ4v) is 8.52. The summed E-state index contributed by atoms with van der Waals surface area (Å²) >= 11 is 0.986. The van der Waals surface area contributed by atoms with Gasteiger partial charge in [0.05, 0.1) is 22.6 Å². The van der Waals surface area contributed by atoms with Crippen LogP contribution < -0.4 is 47.9 Å². The van der Waals surface area contributed by atoms with Crippen molar-refractivity contribution in [3.8, 4) is 102 Å². The van der Waals surface area contributed by atoms with Gasteiger partial charge in [-0.05, 0) is 42.0 Å². The summed E-state index contributed by atoms with van der Waals surface area (Å²) in [4.78, 5) is 27.8. The number of pyridine rings is 5. The minimum absolute atomic E-state index is 0.285. The quantitative estimate of drug-likeness (QED) is 0.154. The van der Waals surface area contributed by atoms with Crippen molar-refractivity contribution in [1.29, 1.82) is 0 Å². The van der Waals surface area contributed by atoms with E-state index >= 15 is 0 Å². The van der Waals surface area contributed by atoms with Gasteiger partial charge in [0.25, 0.3) is 11.8 Å². The standard InChI is InChI=1S/C41H29N8O9S/c50-49-48-35-30(20-3-4-26-27(15-20)52-7-6-51-26)32(23-19-44-40-37(56-11-13-58-40)31(23)24-14-21-2-1-5-42-38(21)46-24)34(47-41(35)59-49)25-17-28-36(55-10-8-53-28)33(45-25)22-16-29-39(43-18-22)57-12-9-54-29/h1-5,14-18,48-49H,6-13H2,(H,42,46). The number of fused-ring (bicyclic) bond motifs is 6. The Bertz CT molecular complexity index is 2840. The van der Waals surface area contributed by atoms with Crippen molar-refractivity contribution in [2.24, 2.45) is 0 Å². The number of aromatic nitrogens is 6. The van der Waals surface area contributed by atoms with Gasteiger partial charge in [-0.15, -0.1) is 0 Å². The largest absolute Gasteiger partial charge is 0.596 e. The lowest BCUT2D eigenvalue weighted by atomic mass is 9.88. The molecule has 0 fully saturated rings. The van der Waals surface area contributed by atoms with Crippen molar-refractivity contribution < 1.29 is 42.5 Å². The second-order valence-corrected chi connectivity index (χ2v) is 14.8. The number of hydrogen-bond acceptors (Lipinski definition) is 16. The van der Waals surface area contributed by atoms with Crippen LogP contribution in [0.15, 0.2) is 66.0 Å². The van der Waals surface area contributed by atoms with E-state index in [0.29, 0.717) is 159 Å². The van der Waals surface area contributed by atoms with Gasteiger partial charge < -0.3 is 48.1 Å². The number of anilines is 1. The van der Waals surface area contributed by atoms with Crippen LogP contribution in [0.3, 0.4) is 0 Å². The van der Waals surface area contributed by atoms with Gasteiger partial charge in [-0.1, -0.05) is 6.07 Å². The van der Waals surface area contributed by atoms with Crippen molar-refractivity contribution in [3.05, 3.63) is 72.3 Å². The van der Waals surface area contributed by atoms with Gasteiger partial charge in [-0.2, -0.15) is 0 Å². The predicted molar refractivity (Wildman–Crippen MR) is 211 cm³/mol. The molecule has 1 aromatic carbocycles. The number of ether oxygens (including phenoxy) is 8. The molecule has 18 heteroatoms. The lowest BCUT2D eigenvalue weighted by Gasteiger charge is -2.25. The number of H-pyrrole nitrogens is 1. The molecule has 0 bridgehead atoms. The third-order valence-electron chi connectivity index (χ3n) is 10.3. The summed E-state index contributed by atoms with van der Waals surface area (Å²) in [6.45, 7) is 2.83. The molecular weight excluding hydrogens is 781 g/mol. The molecule has 0 saturated heterocycles. The molecule has 5 aliphatic heterocycles. The first kappa shape index (κ1) is 34.1. The van der Waals surface area contributed by atoms with Gasteiger partial charge in [-0.25, -0.2) is 34.9 Å². The van der Waals surface area contributed by atoms with Crippen LogP contribution in [0.25, 0.3) is 67.2 Å². The minimum atomic E-state index is -0.293. The van der Waals surface area contributed by atoms with E-state index in [-0.39, 0.29) is 17.1 Å². The van der Waals surface area contributed by atoms with E-state index in [2.05, 4.69) is 26.6 Å². The van der Waals surface area contributed by atoms with Crippen LogP contribution in [-0.4, -0.2) is 82.8 Å². The highest BCUT2D eigenvalue weighted by atomic mass is 32.2. The minimum Gasteiger partial charge on any atom is -0.596 e. The molecule has 17 nitrogen and oxygen atoms in total. The molecule has 293 valence electrons. The monoisotopic (exact) mass is 809 g/mol. The maximum absolute atomic E-state index is 13.4. The van der Waals surface area contributed by atoms with Crippen LogP contribution in [0, 0.1) is 11.4 Å². The van der Waals surface area contributed by atoms with Crippen LogP contribution in [0.4, 0.5) is 5.69 Å². The van der Waals surface area contributed by atoms with Gasteiger partial charge in [0.1, 0.15) is 76.1 Å². The van der Waals surface area contributed by atoms with Crippen LogP contribution in [0.5, 0.6) is 46.3 Å². The molecule has 12 rings (SSSR count). The van der Waals surface area contributed by atoms with Crippen molar-refractivity contribution in [3.63, 3.8) is 0 Å². The molecule has 5 aliphatic rings. The van der Waals surface area contributed by atoms with Gasteiger partial charge in [0.2, 0.25) is 0 Å². The number of nitrogens with one attached hydrogen (secondary N) is 3. The predicted octanol–water partition coefficient (Wildman–Crippen LogP) is 5.09. The van der Waals surface area contributed by atoms with Crippen LogP contribution in [0.1, 0.15) is 0 Å². The Labute approximate surface area is 338 Å². The van der Waals surface area contributed by atoms with Gasteiger partial charge in [0, 0.05) is 46.1 Å². The SMILES string of the molecule is [O-][NH+]1Nc2c(nc(-c3cc4c(c(-c5cnc6c(c5)OCCO6)n3)OCCO4)c(-c3[c]nc4c(c3-c3cc5cccnc5[nH]3)OCCO4)c2-c2ccc3c(c2)OCCO3)S1. The summed E-state index contributed by atoms with van der Waals surface area (Å²) in [5, 5.41) is 14.7. The molecule has 0 spiro atoms. The highest BCUT2D eigenvalue weighted by molar-refractivity contribution is 7.93. The van der Waals surface area contributed by atoms with E-state index in [0.717, 1.165) is 17.3 Å². The van der Waals surface area contributed by atoms with Crippen molar-refractivity contribution >= 4 is 28.7 Å². The average Bonchev–Trinajstić information content (AvgIpc) is 3.90. The van der Waals surface area contributed by atoms with E-state index in [1.807, 2.05) is 42.5 Å². The maximum Gasteiger partial charge on any atom is 0.258 e. The first-order chi connectivity index (χ1) is 29.1. The van der Waals surface area contributed by atoms with Crippen molar-refractivity contribution in [2.75, 3.05) is 58.3 Å². The van der Waals surface area contributed by atoms with E-state index in [9.17, 15) is 5.21 Å². The fourth-order valence-electron chi connectivity index (χ4n) is 7.80. The highest BCUT2D eigenvalue weighted by Gasteiger charge is 2.36. The van der Waals surface area contributed by atoms with Gasteiger partial charge in [-0.3, -0.25) is 0 Å². The summed E-state index contributed by atoms with van der Waals surface area (Å²) < 4.78 is 48.2. The Morgan fingerprint density at radius 3 is 2.31 bits per heavy atom. The molecule has 0 amide bonds. The molecule has 7 aromatic rings. The zero-order valence-electron chi connectivity index (χ0n) is 30.7. The Morgan fingerprint density at radius 2 is 1.42 bits per heavy atom. The number of hydrogen-bond donors (Lipinski definition) is 3. The second-order valence-electron chi connectivity index (χ2n) is 13.8. The molecular formula is C41H29N8O9S. The van der Waals surface area contributed by atoms with Crippen LogP contribution in [-0.2, 0) is 0 Å². The molecule has 3 N–H and O–H groups in total. The smallest absolute Gasteiger partial charge is 0.258 e. The highest BCUT2D eigenvalue weighted by Crippen LogP contribution is 2.54. The van der Waals surface area contributed by atoms with Gasteiger partial charge in [0.15, 0.2) is 51.5 Å². The molecule has 0 aliphatic carbocycles. The molecule has 0 saturated carbocycles. The summed E-state index contributed by atoms with van der Waals surface area (Å²) in [7, 11) is 0. The molecule has 1 atom stereocenters. The average molecular weight is 810 g/mol. The number of rotatable bonds is 5. The fraction of sp³-hybridized carbons (Fsp3) is 0.195. The summed E-state index contributed by atoms with van der Waals surface area (Å²) in [6.07, 6.45) is 6.70.